The molecule has 1 fully saturated rings. The summed E-state index contributed by atoms with van der Waals surface area (Å²) in [6.45, 7) is 5.09. The number of furan rings is 1. The number of hydrogen-bond acceptors (Lipinski definition) is 4. The molecule has 90 valence electrons. The van der Waals surface area contributed by atoms with Gasteiger partial charge in [-0.2, -0.15) is 0 Å². The fourth-order valence-electron chi connectivity index (χ4n) is 2.15. The van der Waals surface area contributed by atoms with Gasteiger partial charge in [0.05, 0.1) is 19.4 Å². The Hall–Kier alpha value is -0.840. The van der Waals surface area contributed by atoms with Gasteiger partial charge < -0.3 is 14.8 Å². The van der Waals surface area contributed by atoms with Gasteiger partial charge in [-0.25, -0.2) is 0 Å². The van der Waals surface area contributed by atoms with Crippen LogP contribution in [0.1, 0.15) is 19.1 Å². The van der Waals surface area contributed by atoms with Gasteiger partial charge in [-0.05, 0) is 32.0 Å². The van der Waals surface area contributed by atoms with Crippen LogP contribution in [0.4, 0.5) is 0 Å². The summed E-state index contributed by atoms with van der Waals surface area (Å²) in [5.41, 5.74) is 0. The normalized spacial score (nSPS) is 27.9. The SMILES string of the molecule is CC1CCNC(CO)CN1Cc1ccco1. The summed E-state index contributed by atoms with van der Waals surface area (Å²) >= 11 is 0. The van der Waals surface area contributed by atoms with E-state index >= 15 is 0 Å². The lowest BCUT2D eigenvalue weighted by Gasteiger charge is -2.27. The van der Waals surface area contributed by atoms with Crippen molar-refractivity contribution in [3.8, 4) is 0 Å². The van der Waals surface area contributed by atoms with Crippen LogP contribution in [0.15, 0.2) is 22.8 Å². The Labute approximate surface area is 96.2 Å². The molecule has 1 aromatic rings. The summed E-state index contributed by atoms with van der Waals surface area (Å²) in [5, 5.41) is 12.6. The Kier molecular flexibility index (Phi) is 3.98. The number of nitrogens with one attached hydrogen (secondary N) is 1. The van der Waals surface area contributed by atoms with Crippen molar-refractivity contribution in [1.82, 2.24) is 10.2 Å². The Morgan fingerprint density at radius 2 is 2.50 bits per heavy atom. The van der Waals surface area contributed by atoms with E-state index in [-0.39, 0.29) is 12.6 Å². The quantitative estimate of drug-likeness (QED) is 0.798. The lowest BCUT2D eigenvalue weighted by atomic mass is 10.2. The van der Waals surface area contributed by atoms with E-state index in [0.29, 0.717) is 6.04 Å². The summed E-state index contributed by atoms with van der Waals surface area (Å²) in [4.78, 5) is 2.36. The highest BCUT2D eigenvalue weighted by atomic mass is 16.3. The number of nitrogens with zero attached hydrogens (tertiary/aromatic N) is 1. The minimum atomic E-state index is 0.180. The molecule has 1 aromatic heterocycles. The molecule has 0 radical (unpaired) electrons. The highest BCUT2D eigenvalue weighted by Crippen LogP contribution is 2.13. The third kappa shape index (κ3) is 2.84. The Morgan fingerprint density at radius 1 is 1.62 bits per heavy atom. The molecule has 2 N–H and O–H groups in total. The summed E-state index contributed by atoms with van der Waals surface area (Å²) in [6, 6.07) is 4.62. The second kappa shape index (κ2) is 5.48. The van der Waals surface area contributed by atoms with Crippen molar-refractivity contribution in [1.29, 1.82) is 0 Å². The predicted molar refractivity (Wildman–Crippen MR) is 62.1 cm³/mol. The average molecular weight is 224 g/mol. The van der Waals surface area contributed by atoms with Crippen molar-refractivity contribution < 1.29 is 9.52 Å². The van der Waals surface area contributed by atoms with Crippen LogP contribution in [-0.4, -0.2) is 41.8 Å². The molecule has 4 heteroatoms. The van der Waals surface area contributed by atoms with Crippen LogP contribution in [0, 0.1) is 0 Å². The topological polar surface area (TPSA) is 48.6 Å². The first-order chi connectivity index (χ1) is 7.79. The summed E-state index contributed by atoms with van der Waals surface area (Å²) in [5.74, 6) is 0.991. The van der Waals surface area contributed by atoms with Crippen molar-refractivity contribution in [2.75, 3.05) is 19.7 Å². The van der Waals surface area contributed by atoms with Gasteiger partial charge in [-0.3, -0.25) is 4.90 Å². The van der Waals surface area contributed by atoms with Gasteiger partial charge in [0.1, 0.15) is 5.76 Å². The first-order valence-electron chi connectivity index (χ1n) is 5.90. The molecule has 0 aromatic carbocycles. The average Bonchev–Trinajstić information content (AvgIpc) is 2.72. The van der Waals surface area contributed by atoms with Crippen molar-refractivity contribution >= 4 is 0 Å². The van der Waals surface area contributed by atoms with Crippen molar-refractivity contribution in [3.05, 3.63) is 24.2 Å². The van der Waals surface area contributed by atoms with Gasteiger partial charge in [0, 0.05) is 18.6 Å². The third-order valence-corrected chi connectivity index (χ3v) is 3.23. The lowest BCUT2D eigenvalue weighted by molar-refractivity contribution is 0.156. The highest BCUT2D eigenvalue weighted by molar-refractivity contribution is 4.99. The van der Waals surface area contributed by atoms with Gasteiger partial charge in [0.2, 0.25) is 0 Å². The monoisotopic (exact) mass is 224 g/mol. The molecule has 0 bridgehead atoms. The Balaban J connectivity index is 1.98. The smallest absolute Gasteiger partial charge is 0.117 e. The zero-order chi connectivity index (χ0) is 11.4. The first-order valence-corrected chi connectivity index (χ1v) is 5.90. The largest absolute Gasteiger partial charge is 0.468 e. The summed E-state index contributed by atoms with van der Waals surface area (Å²) < 4.78 is 5.37. The van der Waals surface area contributed by atoms with Crippen LogP contribution >= 0.6 is 0 Å². The molecule has 1 saturated heterocycles. The molecule has 1 aliphatic rings. The first kappa shape index (κ1) is 11.6. The van der Waals surface area contributed by atoms with E-state index in [1.807, 2.05) is 12.1 Å². The zero-order valence-electron chi connectivity index (χ0n) is 9.72. The highest BCUT2D eigenvalue weighted by Gasteiger charge is 2.22. The molecule has 0 aliphatic carbocycles. The second-order valence-electron chi connectivity index (χ2n) is 4.48. The number of rotatable bonds is 3. The second-order valence-corrected chi connectivity index (χ2v) is 4.48. The molecular weight excluding hydrogens is 204 g/mol. The van der Waals surface area contributed by atoms with E-state index in [1.54, 1.807) is 6.26 Å². The van der Waals surface area contributed by atoms with Crippen LogP contribution in [0.25, 0.3) is 0 Å². The maximum atomic E-state index is 9.23. The lowest BCUT2D eigenvalue weighted by Crippen LogP contribution is -2.41. The molecule has 2 unspecified atom stereocenters. The van der Waals surface area contributed by atoms with Crippen LogP contribution in [0.5, 0.6) is 0 Å². The van der Waals surface area contributed by atoms with E-state index in [9.17, 15) is 5.11 Å². The standard InChI is InChI=1S/C12H20N2O2/c1-10-4-5-13-11(9-15)7-14(10)8-12-3-2-6-16-12/h2-3,6,10-11,13,15H,4-5,7-9H2,1H3. The number of hydrogen-bond donors (Lipinski definition) is 2. The predicted octanol–water partition coefficient (Wildman–Crippen LogP) is 0.824. The zero-order valence-corrected chi connectivity index (χ0v) is 9.72. The summed E-state index contributed by atoms with van der Waals surface area (Å²) in [6.07, 6.45) is 2.82. The van der Waals surface area contributed by atoms with Crippen molar-refractivity contribution in [2.24, 2.45) is 0 Å². The molecule has 4 nitrogen and oxygen atoms in total. The summed E-state index contributed by atoms with van der Waals surface area (Å²) in [7, 11) is 0. The number of aliphatic hydroxyl groups is 1. The van der Waals surface area contributed by atoms with Crippen LogP contribution in [-0.2, 0) is 6.54 Å². The molecule has 2 rings (SSSR count). The van der Waals surface area contributed by atoms with Crippen molar-refractivity contribution in [2.45, 2.75) is 32.0 Å². The maximum Gasteiger partial charge on any atom is 0.117 e. The van der Waals surface area contributed by atoms with E-state index in [0.717, 1.165) is 31.8 Å². The fourth-order valence-corrected chi connectivity index (χ4v) is 2.15. The van der Waals surface area contributed by atoms with E-state index in [1.165, 1.54) is 0 Å². The molecule has 0 spiro atoms. The Bertz CT molecular complexity index is 300. The molecule has 2 heterocycles. The van der Waals surface area contributed by atoms with E-state index < -0.39 is 0 Å². The van der Waals surface area contributed by atoms with Gasteiger partial charge >= 0.3 is 0 Å². The molecule has 16 heavy (non-hydrogen) atoms. The van der Waals surface area contributed by atoms with Gasteiger partial charge in [0.25, 0.3) is 0 Å². The van der Waals surface area contributed by atoms with Crippen LogP contribution in [0.3, 0.4) is 0 Å². The minimum absolute atomic E-state index is 0.180. The maximum absolute atomic E-state index is 9.23. The van der Waals surface area contributed by atoms with Crippen LogP contribution < -0.4 is 5.32 Å². The molecular formula is C12H20N2O2. The number of aliphatic hydroxyl groups excluding tert-OH is 1. The molecule has 0 saturated carbocycles. The molecule has 2 atom stereocenters. The van der Waals surface area contributed by atoms with E-state index in [4.69, 9.17) is 4.42 Å². The van der Waals surface area contributed by atoms with Gasteiger partial charge in [0.15, 0.2) is 0 Å². The molecule has 1 aliphatic heterocycles. The van der Waals surface area contributed by atoms with E-state index in [2.05, 4.69) is 17.1 Å². The van der Waals surface area contributed by atoms with Gasteiger partial charge in [-0.15, -0.1) is 0 Å². The molecule has 0 amide bonds. The van der Waals surface area contributed by atoms with Gasteiger partial charge in [-0.1, -0.05) is 0 Å². The minimum Gasteiger partial charge on any atom is -0.468 e. The van der Waals surface area contributed by atoms with Crippen LogP contribution in [0.2, 0.25) is 0 Å². The third-order valence-electron chi connectivity index (χ3n) is 3.23. The Morgan fingerprint density at radius 3 is 3.19 bits per heavy atom. The fraction of sp³-hybridized carbons (Fsp3) is 0.667. The van der Waals surface area contributed by atoms with Crippen molar-refractivity contribution in [3.63, 3.8) is 0 Å².